The molecule has 1 aliphatic carbocycles. The Bertz CT molecular complexity index is 511. The van der Waals surface area contributed by atoms with Crippen molar-refractivity contribution in [2.45, 2.75) is 57.3 Å². The lowest BCUT2D eigenvalue weighted by Crippen LogP contribution is -2.39. The van der Waals surface area contributed by atoms with Crippen molar-refractivity contribution in [2.24, 2.45) is 0 Å². The van der Waals surface area contributed by atoms with Crippen LogP contribution in [0.15, 0.2) is 24.3 Å². The van der Waals surface area contributed by atoms with E-state index in [0.29, 0.717) is 6.61 Å². The topological polar surface area (TPSA) is 47.6 Å². The van der Waals surface area contributed by atoms with Gasteiger partial charge in [0.1, 0.15) is 6.10 Å². The van der Waals surface area contributed by atoms with Crippen molar-refractivity contribution in [3.05, 3.63) is 35.4 Å². The number of carbonyl (C=O) groups is 1. The van der Waals surface area contributed by atoms with Gasteiger partial charge in [-0.05, 0) is 50.2 Å². The Morgan fingerprint density at radius 3 is 3.05 bits per heavy atom. The van der Waals surface area contributed by atoms with Crippen molar-refractivity contribution < 1.29 is 14.3 Å². The number of benzene rings is 1. The van der Waals surface area contributed by atoms with E-state index in [1.165, 1.54) is 11.1 Å². The van der Waals surface area contributed by atoms with Gasteiger partial charge in [0.2, 0.25) is 5.91 Å². The van der Waals surface area contributed by atoms with E-state index in [1.54, 1.807) is 0 Å². The third-order valence-electron chi connectivity index (χ3n) is 4.61. The molecular weight excluding hydrogens is 278 g/mol. The van der Waals surface area contributed by atoms with Crippen LogP contribution in [0.4, 0.5) is 0 Å². The molecule has 0 bridgehead atoms. The van der Waals surface area contributed by atoms with E-state index in [2.05, 4.69) is 23.5 Å². The molecule has 0 saturated carbocycles. The van der Waals surface area contributed by atoms with Gasteiger partial charge in [0.15, 0.2) is 0 Å². The van der Waals surface area contributed by atoms with E-state index in [0.717, 1.165) is 38.7 Å². The van der Waals surface area contributed by atoms with Crippen molar-refractivity contribution in [2.75, 3.05) is 13.2 Å². The summed E-state index contributed by atoms with van der Waals surface area (Å²) in [6.07, 6.45) is 5.07. The van der Waals surface area contributed by atoms with Crippen LogP contribution in [-0.4, -0.2) is 31.3 Å². The third kappa shape index (κ3) is 3.68. The summed E-state index contributed by atoms with van der Waals surface area (Å²) in [6.45, 7) is 3.14. The van der Waals surface area contributed by atoms with Gasteiger partial charge >= 0.3 is 0 Å². The molecule has 1 aromatic carbocycles. The van der Waals surface area contributed by atoms with Crippen LogP contribution < -0.4 is 5.32 Å². The maximum atomic E-state index is 12.3. The van der Waals surface area contributed by atoms with Crippen molar-refractivity contribution in [3.63, 3.8) is 0 Å². The molecule has 1 heterocycles. The summed E-state index contributed by atoms with van der Waals surface area (Å²) >= 11 is 0. The molecule has 22 heavy (non-hydrogen) atoms. The van der Waals surface area contributed by atoms with Crippen LogP contribution in [0.3, 0.4) is 0 Å². The lowest BCUT2D eigenvalue weighted by atomic mass is 9.87. The zero-order chi connectivity index (χ0) is 15.4. The SMILES string of the molecule is C[C@H](OC[C@H]1CCCO1)C(=O)N[C@@H]1CCCc2ccccc21. The van der Waals surface area contributed by atoms with E-state index in [9.17, 15) is 4.79 Å². The minimum absolute atomic E-state index is 0.0281. The van der Waals surface area contributed by atoms with Gasteiger partial charge in [-0.1, -0.05) is 24.3 Å². The van der Waals surface area contributed by atoms with Crippen LogP contribution in [0.5, 0.6) is 0 Å². The van der Waals surface area contributed by atoms with Gasteiger partial charge in [0.25, 0.3) is 0 Å². The molecular formula is C18H25NO3. The first-order valence-electron chi connectivity index (χ1n) is 8.35. The van der Waals surface area contributed by atoms with E-state index in [1.807, 2.05) is 13.0 Å². The average molecular weight is 303 g/mol. The fourth-order valence-corrected chi connectivity index (χ4v) is 3.30. The number of nitrogens with one attached hydrogen (secondary N) is 1. The second kappa shape index (κ2) is 7.25. The quantitative estimate of drug-likeness (QED) is 0.910. The maximum Gasteiger partial charge on any atom is 0.249 e. The number of fused-ring (bicyclic) bond motifs is 1. The molecule has 1 N–H and O–H groups in total. The summed E-state index contributed by atoms with van der Waals surface area (Å²) in [4.78, 5) is 12.3. The summed E-state index contributed by atoms with van der Waals surface area (Å²) in [5.74, 6) is -0.0281. The summed E-state index contributed by atoms with van der Waals surface area (Å²) < 4.78 is 11.2. The van der Waals surface area contributed by atoms with Crippen molar-refractivity contribution >= 4 is 5.91 Å². The smallest absolute Gasteiger partial charge is 0.249 e. The van der Waals surface area contributed by atoms with E-state index in [4.69, 9.17) is 9.47 Å². The number of carbonyl (C=O) groups excluding carboxylic acids is 1. The summed E-state index contributed by atoms with van der Waals surface area (Å²) in [7, 11) is 0. The van der Waals surface area contributed by atoms with Crippen LogP contribution in [0.2, 0.25) is 0 Å². The Kier molecular flexibility index (Phi) is 5.11. The van der Waals surface area contributed by atoms with Crippen molar-refractivity contribution in [3.8, 4) is 0 Å². The van der Waals surface area contributed by atoms with Gasteiger partial charge < -0.3 is 14.8 Å². The highest BCUT2D eigenvalue weighted by atomic mass is 16.5. The van der Waals surface area contributed by atoms with E-state index in [-0.39, 0.29) is 18.1 Å². The first-order valence-corrected chi connectivity index (χ1v) is 8.35. The van der Waals surface area contributed by atoms with E-state index >= 15 is 0 Å². The highest BCUT2D eigenvalue weighted by molar-refractivity contribution is 5.80. The molecule has 1 aromatic rings. The second-order valence-corrected chi connectivity index (χ2v) is 6.26. The number of rotatable bonds is 5. The fourth-order valence-electron chi connectivity index (χ4n) is 3.30. The molecule has 120 valence electrons. The van der Waals surface area contributed by atoms with Gasteiger partial charge in [-0.3, -0.25) is 4.79 Å². The van der Waals surface area contributed by atoms with Gasteiger partial charge in [-0.15, -0.1) is 0 Å². The molecule has 1 fully saturated rings. The predicted molar refractivity (Wildman–Crippen MR) is 84.7 cm³/mol. The first kappa shape index (κ1) is 15.5. The minimum atomic E-state index is -0.432. The van der Waals surface area contributed by atoms with Crippen LogP contribution in [0.1, 0.15) is 49.8 Å². The Labute approximate surface area is 132 Å². The Hall–Kier alpha value is -1.39. The number of aryl methyl sites for hydroxylation is 1. The monoisotopic (exact) mass is 303 g/mol. The van der Waals surface area contributed by atoms with Crippen LogP contribution in [-0.2, 0) is 20.7 Å². The molecule has 3 rings (SSSR count). The maximum absolute atomic E-state index is 12.3. The summed E-state index contributed by atoms with van der Waals surface area (Å²) in [5, 5.41) is 3.15. The summed E-state index contributed by atoms with van der Waals surface area (Å²) in [6, 6.07) is 8.51. The number of amides is 1. The molecule has 1 amide bonds. The molecule has 0 aromatic heterocycles. The molecule has 1 saturated heterocycles. The largest absolute Gasteiger partial charge is 0.376 e. The molecule has 0 unspecified atom stereocenters. The fraction of sp³-hybridized carbons (Fsp3) is 0.611. The zero-order valence-electron chi connectivity index (χ0n) is 13.2. The third-order valence-corrected chi connectivity index (χ3v) is 4.61. The highest BCUT2D eigenvalue weighted by Gasteiger charge is 2.25. The van der Waals surface area contributed by atoms with Crippen molar-refractivity contribution in [1.82, 2.24) is 5.32 Å². The molecule has 0 spiro atoms. The van der Waals surface area contributed by atoms with Gasteiger partial charge in [0.05, 0.1) is 18.8 Å². The van der Waals surface area contributed by atoms with Crippen molar-refractivity contribution in [1.29, 1.82) is 0 Å². The minimum Gasteiger partial charge on any atom is -0.376 e. The average Bonchev–Trinajstić information content (AvgIpc) is 3.06. The molecule has 3 atom stereocenters. The van der Waals surface area contributed by atoms with Crippen LogP contribution >= 0.6 is 0 Å². The Balaban J connectivity index is 1.53. The number of hydrogen-bond acceptors (Lipinski definition) is 3. The highest BCUT2D eigenvalue weighted by Crippen LogP contribution is 2.29. The Morgan fingerprint density at radius 1 is 1.36 bits per heavy atom. The van der Waals surface area contributed by atoms with Crippen LogP contribution in [0, 0.1) is 0 Å². The standard InChI is InChI=1S/C18H25NO3/c1-13(22-12-15-8-5-11-21-15)18(20)19-17-10-4-7-14-6-2-3-9-16(14)17/h2-3,6,9,13,15,17H,4-5,7-8,10-12H2,1H3,(H,19,20)/t13-,15+,17+/m0/s1. The first-order chi connectivity index (χ1) is 10.7. The summed E-state index contributed by atoms with van der Waals surface area (Å²) in [5.41, 5.74) is 2.61. The molecule has 4 nitrogen and oxygen atoms in total. The molecule has 1 aliphatic heterocycles. The molecule has 0 radical (unpaired) electrons. The normalized spacial score (nSPS) is 25.5. The second-order valence-electron chi connectivity index (χ2n) is 6.26. The number of ether oxygens (including phenoxy) is 2. The molecule has 4 heteroatoms. The van der Waals surface area contributed by atoms with Gasteiger partial charge in [0, 0.05) is 6.61 Å². The zero-order valence-corrected chi connectivity index (χ0v) is 13.2. The number of hydrogen-bond donors (Lipinski definition) is 1. The lowest BCUT2D eigenvalue weighted by molar-refractivity contribution is -0.134. The Morgan fingerprint density at radius 2 is 2.23 bits per heavy atom. The van der Waals surface area contributed by atoms with Gasteiger partial charge in [-0.2, -0.15) is 0 Å². The van der Waals surface area contributed by atoms with Crippen LogP contribution in [0.25, 0.3) is 0 Å². The molecule has 2 aliphatic rings. The van der Waals surface area contributed by atoms with E-state index < -0.39 is 6.10 Å². The predicted octanol–water partition coefficient (Wildman–Crippen LogP) is 2.76. The van der Waals surface area contributed by atoms with Gasteiger partial charge in [-0.25, -0.2) is 0 Å². The lowest BCUT2D eigenvalue weighted by Gasteiger charge is -2.27.